The normalized spacial score (nSPS) is 10.1. The van der Waals surface area contributed by atoms with Crippen molar-refractivity contribution in [3.63, 3.8) is 0 Å². The summed E-state index contributed by atoms with van der Waals surface area (Å²) < 4.78 is 5.51. The number of hydrogen-bond donors (Lipinski definition) is 1. The Morgan fingerprint density at radius 3 is 2.60 bits per heavy atom. The zero-order chi connectivity index (χ0) is 14.5. The van der Waals surface area contributed by atoms with Crippen molar-refractivity contribution in [3.05, 3.63) is 57.2 Å². The average Bonchev–Trinajstić information content (AvgIpc) is 2.47. The summed E-state index contributed by atoms with van der Waals surface area (Å²) in [6, 6.07) is 9.33. The lowest BCUT2D eigenvalue weighted by molar-refractivity contribution is -0.384. The van der Waals surface area contributed by atoms with Crippen LogP contribution in [0.2, 0.25) is 5.02 Å². The third-order valence-corrected chi connectivity index (χ3v) is 2.94. The highest BCUT2D eigenvalue weighted by Gasteiger charge is 2.07. The Morgan fingerprint density at radius 2 is 2.00 bits per heavy atom. The maximum atomic E-state index is 10.5. The molecule has 1 heterocycles. The third kappa shape index (κ3) is 3.36. The molecule has 0 radical (unpaired) electrons. The summed E-state index contributed by atoms with van der Waals surface area (Å²) in [5.41, 5.74) is 0.613. The highest BCUT2D eigenvalue weighted by atomic mass is 35.5. The van der Waals surface area contributed by atoms with Gasteiger partial charge in [-0.05, 0) is 24.3 Å². The van der Waals surface area contributed by atoms with Gasteiger partial charge < -0.3 is 10.1 Å². The first-order valence-electron chi connectivity index (χ1n) is 5.80. The summed E-state index contributed by atoms with van der Waals surface area (Å²) in [4.78, 5) is 14.4. The minimum Gasteiger partial charge on any atom is -0.487 e. The van der Waals surface area contributed by atoms with Gasteiger partial charge in [-0.25, -0.2) is 4.98 Å². The van der Waals surface area contributed by atoms with E-state index in [0.29, 0.717) is 22.3 Å². The summed E-state index contributed by atoms with van der Waals surface area (Å²) in [5.74, 6) is 1.21. The minimum absolute atomic E-state index is 0.0192. The van der Waals surface area contributed by atoms with Crippen molar-refractivity contribution in [2.45, 2.75) is 6.61 Å². The Labute approximate surface area is 120 Å². The van der Waals surface area contributed by atoms with Crippen molar-refractivity contribution >= 4 is 23.1 Å². The zero-order valence-corrected chi connectivity index (χ0v) is 11.4. The van der Waals surface area contributed by atoms with Crippen LogP contribution in [0.15, 0.2) is 36.4 Å². The number of nitrogens with zero attached hydrogens (tertiary/aromatic N) is 2. The molecule has 1 N–H and O–H groups in total. The van der Waals surface area contributed by atoms with Gasteiger partial charge >= 0.3 is 0 Å². The topological polar surface area (TPSA) is 77.3 Å². The third-order valence-electron chi connectivity index (χ3n) is 2.60. The lowest BCUT2D eigenvalue weighted by atomic mass is 10.3. The van der Waals surface area contributed by atoms with Gasteiger partial charge in [-0.3, -0.25) is 10.1 Å². The second-order valence-electron chi connectivity index (χ2n) is 3.91. The fourth-order valence-corrected chi connectivity index (χ4v) is 1.70. The van der Waals surface area contributed by atoms with E-state index in [2.05, 4.69) is 10.3 Å². The summed E-state index contributed by atoms with van der Waals surface area (Å²) in [6.07, 6.45) is 0. The molecule has 0 unspecified atom stereocenters. The molecule has 0 saturated carbocycles. The number of halogens is 1. The predicted molar refractivity (Wildman–Crippen MR) is 76.2 cm³/mol. The molecular weight excluding hydrogens is 282 g/mol. The van der Waals surface area contributed by atoms with Crippen molar-refractivity contribution in [1.29, 1.82) is 0 Å². The van der Waals surface area contributed by atoms with Crippen molar-refractivity contribution in [2.75, 3.05) is 12.4 Å². The molecule has 0 aliphatic carbocycles. The fraction of sp³-hybridized carbons (Fsp3) is 0.154. The number of non-ortho nitro benzene ring substituents is 1. The molecule has 7 heteroatoms. The summed E-state index contributed by atoms with van der Waals surface area (Å²) in [7, 11) is 1.76. The number of hydrogen-bond acceptors (Lipinski definition) is 5. The van der Waals surface area contributed by atoms with E-state index < -0.39 is 4.92 Å². The van der Waals surface area contributed by atoms with Crippen LogP contribution in [0.5, 0.6) is 5.75 Å². The SMILES string of the molecule is CNc1ccc(Cl)c(COc2ccc([N+](=O)[O-])cc2)n1. The monoisotopic (exact) mass is 293 g/mol. The maximum Gasteiger partial charge on any atom is 0.269 e. The average molecular weight is 294 g/mol. The molecule has 6 nitrogen and oxygen atoms in total. The van der Waals surface area contributed by atoms with Crippen LogP contribution in [0.1, 0.15) is 5.69 Å². The molecular formula is C13H12ClN3O3. The van der Waals surface area contributed by atoms with E-state index in [9.17, 15) is 10.1 Å². The van der Waals surface area contributed by atoms with Crippen LogP contribution in [0, 0.1) is 10.1 Å². The van der Waals surface area contributed by atoms with Crippen molar-refractivity contribution in [1.82, 2.24) is 4.98 Å². The van der Waals surface area contributed by atoms with Gasteiger partial charge in [0.2, 0.25) is 0 Å². The molecule has 104 valence electrons. The molecule has 0 atom stereocenters. The lowest BCUT2D eigenvalue weighted by Gasteiger charge is -2.08. The Kier molecular flexibility index (Phi) is 4.37. The minimum atomic E-state index is -0.460. The number of benzene rings is 1. The molecule has 2 aromatic rings. The summed E-state index contributed by atoms with van der Waals surface area (Å²) in [6.45, 7) is 0.187. The van der Waals surface area contributed by atoms with Crippen molar-refractivity contribution in [3.8, 4) is 5.75 Å². The maximum absolute atomic E-state index is 10.5. The molecule has 2 rings (SSSR count). The van der Waals surface area contributed by atoms with Crippen LogP contribution in [0.3, 0.4) is 0 Å². The number of aromatic nitrogens is 1. The van der Waals surface area contributed by atoms with Crippen LogP contribution in [0.4, 0.5) is 11.5 Å². The number of nitro groups is 1. The first kappa shape index (κ1) is 14.1. The van der Waals surface area contributed by atoms with Gasteiger partial charge in [-0.1, -0.05) is 11.6 Å². The van der Waals surface area contributed by atoms with Gasteiger partial charge in [-0.15, -0.1) is 0 Å². The van der Waals surface area contributed by atoms with E-state index in [0.717, 1.165) is 0 Å². The zero-order valence-electron chi connectivity index (χ0n) is 10.7. The predicted octanol–water partition coefficient (Wildman–Crippen LogP) is 3.26. The van der Waals surface area contributed by atoms with E-state index in [1.165, 1.54) is 24.3 Å². The van der Waals surface area contributed by atoms with E-state index >= 15 is 0 Å². The number of rotatable bonds is 5. The molecule has 0 fully saturated rings. The van der Waals surface area contributed by atoms with E-state index in [1.54, 1.807) is 19.2 Å². The number of pyridine rings is 1. The van der Waals surface area contributed by atoms with Crippen LogP contribution in [-0.2, 0) is 6.61 Å². The largest absolute Gasteiger partial charge is 0.487 e. The molecule has 0 saturated heterocycles. The Bertz CT molecular complexity index is 617. The van der Waals surface area contributed by atoms with Crippen LogP contribution >= 0.6 is 11.6 Å². The van der Waals surface area contributed by atoms with Crippen molar-refractivity contribution < 1.29 is 9.66 Å². The van der Waals surface area contributed by atoms with Gasteiger partial charge in [0, 0.05) is 19.2 Å². The van der Waals surface area contributed by atoms with Gasteiger partial charge in [0.15, 0.2) is 0 Å². The van der Waals surface area contributed by atoms with Gasteiger partial charge in [-0.2, -0.15) is 0 Å². The van der Waals surface area contributed by atoms with Crippen LogP contribution in [0.25, 0.3) is 0 Å². The quantitative estimate of drug-likeness (QED) is 0.676. The second-order valence-corrected chi connectivity index (χ2v) is 4.32. The van der Waals surface area contributed by atoms with E-state index in [-0.39, 0.29) is 12.3 Å². The first-order valence-corrected chi connectivity index (χ1v) is 6.18. The Balaban J connectivity index is 2.06. The Hall–Kier alpha value is -2.34. The smallest absolute Gasteiger partial charge is 0.269 e. The first-order chi connectivity index (χ1) is 9.60. The van der Waals surface area contributed by atoms with E-state index in [1.807, 2.05) is 0 Å². The highest BCUT2D eigenvalue weighted by molar-refractivity contribution is 6.31. The standard InChI is InChI=1S/C13H12ClN3O3/c1-15-13-7-6-11(14)12(16-13)8-20-10-4-2-9(3-5-10)17(18)19/h2-7H,8H2,1H3,(H,15,16). The fourth-order valence-electron chi connectivity index (χ4n) is 1.54. The van der Waals surface area contributed by atoms with Gasteiger partial charge in [0.05, 0.1) is 15.6 Å². The molecule has 0 spiro atoms. The molecule has 0 aliphatic rings. The number of nitrogens with one attached hydrogen (secondary N) is 1. The number of nitro benzene ring substituents is 1. The molecule has 1 aromatic heterocycles. The highest BCUT2D eigenvalue weighted by Crippen LogP contribution is 2.21. The molecule has 0 bridgehead atoms. The lowest BCUT2D eigenvalue weighted by Crippen LogP contribution is -2.02. The van der Waals surface area contributed by atoms with Crippen LogP contribution in [-0.4, -0.2) is 17.0 Å². The van der Waals surface area contributed by atoms with Gasteiger partial charge in [0.1, 0.15) is 18.2 Å². The van der Waals surface area contributed by atoms with Crippen molar-refractivity contribution in [2.24, 2.45) is 0 Å². The van der Waals surface area contributed by atoms with E-state index in [4.69, 9.17) is 16.3 Å². The molecule has 1 aromatic carbocycles. The molecule has 0 aliphatic heterocycles. The van der Waals surface area contributed by atoms with Gasteiger partial charge in [0.25, 0.3) is 5.69 Å². The number of ether oxygens (including phenoxy) is 1. The summed E-state index contributed by atoms with van der Waals surface area (Å²) in [5, 5.41) is 14.0. The van der Waals surface area contributed by atoms with Crippen LogP contribution < -0.4 is 10.1 Å². The summed E-state index contributed by atoms with van der Waals surface area (Å²) >= 11 is 6.03. The molecule has 20 heavy (non-hydrogen) atoms. The Morgan fingerprint density at radius 1 is 1.30 bits per heavy atom. The second kappa shape index (κ2) is 6.21. The molecule has 0 amide bonds. The number of anilines is 1.